The number of benzene rings is 1. The minimum absolute atomic E-state index is 0.479. The molecule has 1 unspecified atom stereocenters. The molecule has 20 heavy (non-hydrogen) atoms. The second-order valence-electron chi connectivity index (χ2n) is 6.77. The molecule has 0 saturated heterocycles. The van der Waals surface area contributed by atoms with Crippen molar-refractivity contribution >= 4 is 11.6 Å². The van der Waals surface area contributed by atoms with Crippen LogP contribution < -0.4 is 11.1 Å². The van der Waals surface area contributed by atoms with Crippen molar-refractivity contribution in [3.63, 3.8) is 0 Å². The molecule has 4 rings (SSSR count). The van der Waals surface area contributed by atoms with Crippen molar-refractivity contribution in [1.82, 2.24) is 0 Å². The normalized spacial score (nSPS) is 26.8. The van der Waals surface area contributed by atoms with Crippen molar-refractivity contribution in [3.05, 3.63) is 29.3 Å². The summed E-state index contributed by atoms with van der Waals surface area (Å²) in [6, 6.07) is 7.08. The van der Waals surface area contributed by atoms with Gasteiger partial charge in [0.05, 0.1) is 6.04 Å². The lowest BCUT2D eigenvalue weighted by Crippen LogP contribution is -2.23. The highest BCUT2D eigenvalue weighted by Crippen LogP contribution is 2.59. The van der Waals surface area contributed by atoms with Crippen LogP contribution in [-0.4, -0.2) is 12.0 Å². The van der Waals surface area contributed by atoms with Gasteiger partial charge in [-0.25, -0.2) is 4.99 Å². The van der Waals surface area contributed by atoms with Gasteiger partial charge in [-0.3, -0.25) is 0 Å². The summed E-state index contributed by atoms with van der Waals surface area (Å²) in [5.74, 6) is 0.594. The minimum atomic E-state index is 0.479. The van der Waals surface area contributed by atoms with E-state index in [2.05, 4.69) is 23.5 Å². The lowest BCUT2D eigenvalue weighted by molar-refractivity contribution is 0.511. The predicted octanol–water partition coefficient (Wildman–Crippen LogP) is 3.23. The smallest absolute Gasteiger partial charge is 0.193 e. The molecule has 1 aromatic carbocycles. The van der Waals surface area contributed by atoms with Crippen molar-refractivity contribution in [2.45, 2.75) is 57.4 Å². The van der Waals surface area contributed by atoms with Gasteiger partial charge in [0.15, 0.2) is 5.96 Å². The summed E-state index contributed by atoms with van der Waals surface area (Å²) in [4.78, 5) is 4.70. The predicted molar refractivity (Wildman–Crippen MR) is 83.0 cm³/mol. The Hall–Kier alpha value is -1.51. The Morgan fingerprint density at radius 2 is 1.95 bits per heavy atom. The summed E-state index contributed by atoms with van der Waals surface area (Å²) in [7, 11) is 0. The van der Waals surface area contributed by atoms with E-state index in [4.69, 9.17) is 10.7 Å². The molecule has 3 nitrogen and oxygen atoms in total. The molecule has 1 atom stereocenters. The van der Waals surface area contributed by atoms with Crippen LogP contribution in [0.5, 0.6) is 0 Å². The number of hydrogen-bond donors (Lipinski definition) is 2. The Morgan fingerprint density at radius 3 is 2.80 bits per heavy atom. The highest BCUT2D eigenvalue weighted by molar-refractivity contribution is 5.92. The number of nitrogens with two attached hydrogens (primary N) is 1. The third-order valence-electron chi connectivity index (χ3n) is 5.41. The summed E-state index contributed by atoms with van der Waals surface area (Å²) in [5, 5.41) is 3.28. The Bertz CT molecular complexity index is 555. The lowest BCUT2D eigenvalue weighted by atomic mass is 10.1. The molecule has 0 aromatic heterocycles. The Morgan fingerprint density at radius 1 is 1.15 bits per heavy atom. The van der Waals surface area contributed by atoms with Crippen LogP contribution >= 0.6 is 0 Å². The third-order valence-corrected chi connectivity index (χ3v) is 5.41. The van der Waals surface area contributed by atoms with E-state index >= 15 is 0 Å². The quantitative estimate of drug-likeness (QED) is 0.639. The first-order valence-electron chi connectivity index (χ1n) is 7.97. The van der Waals surface area contributed by atoms with E-state index in [-0.39, 0.29) is 0 Å². The molecule has 3 aliphatic rings. The van der Waals surface area contributed by atoms with Crippen LogP contribution in [0.1, 0.15) is 49.7 Å². The van der Waals surface area contributed by atoms with Crippen molar-refractivity contribution in [2.75, 3.05) is 5.32 Å². The number of aliphatic imine (C=N–C) groups is 1. The number of nitrogens with one attached hydrogen (secondary N) is 1. The van der Waals surface area contributed by atoms with Crippen molar-refractivity contribution in [3.8, 4) is 0 Å². The summed E-state index contributed by atoms with van der Waals surface area (Å²) >= 11 is 0. The van der Waals surface area contributed by atoms with Gasteiger partial charge in [0, 0.05) is 5.69 Å². The highest BCUT2D eigenvalue weighted by atomic mass is 15.1. The molecule has 2 saturated carbocycles. The van der Waals surface area contributed by atoms with E-state index in [1.165, 1.54) is 62.5 Å². The van der Waals surface area contributed by atoms with Gasteiger partial charge in [0.2, 0.25) is 0 Å². The van der Waals surface area contributed by atoms with E-state index in [9.17, 15) is 0 Å². The monoisotopic (exact) mass is 269 g/mol. The fraction of sp³-hybridized carbons (Fsp3) is 0.588. The first-order chi connectivity index (χ1) is 9.75. The zero-order chi connectivity index (χ0) is 13.6. The summed E-state index contributed by atoms with van der Waals surface area (Å²) in [6.07, 6.45) is 10.4. The van der Waals surface area contributed by atoms with Crippen LogP contribution in [0.2, 0.25) is 0 Å². The standard InChI is InChI=1S/C17H23N3/c18-16(20-15-11-17(15)8-1-2-9-17)19-14-7-6-12-4-3-5-13(12)10-14/h6-7,10,15H,1-5,8-9,11H2,(H3,18,19,20). The molecular weight excluding hydrogens is 246 g/mol. The van der Waals surface area contributed by atoms with Gasteiger partial charge in [0.25, 0.3) is 0 Å². The van der Waals surface area contributed by atoms with E-state index in [1.54, 1.807) is 0 Å². The van der Waals surface area contributed by atoms with Crippen molar-refractivity contribution in [1.29, 1.82) is 0 Å². The number of hydrogen-bond acceptors (Lipinski definition) is 1. The van der Waals surface area contributed by atoms with Gasteiger partial charge in [-0.15, -0.1) is 0 Å². The number of anilines is 1. The van der Waals surface area contributed by atoms with Gasteiger partial charge < -0.3 is 11.1 Å². The number of aryl methyl sites for hydroxylation is 2. The molecule has 0 radical (unpaired) electrons. The number of nitrogens with zero attached hydrogens (tertiary/aromatic N) is 1. The minimum Gasteiger partial charge on any atom is -0.370 e. The summed E-state index contributed by atoms with van der Waals surface area (Å²) < 4.78 is 0. The second kappa shape index (κ2) is 4.51. The Balaban J connectivity index is 1.44. The van der Waals surface area contributed by atoms with Gasteiger partial charge in [-0.1, -0.05) is 18.9 Å². The zero-order valence-electron chi connectivity index (χ0n) is 12.0. The maximum absolute atomic E-state index is 6.08. The fourth-order valence-electron chi connectivity index (χ4n) is 4.12. The van der Waals surface area contributed by atoms with Crippen LogP contribution in [0, 0.1) is 5.41 Å². The SMILES string of the molecule is NC(=NC1CC12CCCC2)Nc1ccc2c(c1)CCC2. The van der Waals surface area contributed by atoms with E-state index in [1.807, 2.05) is 0 Å². The lowest BCUT2D eigenvalue weighted by Gasteiger charge is -2.09. The molecule has 0 amide bonds. The molecule has 3 aliphatic carbocycles. The second-order valence-corrected chi connectivity index (χ2v) is 6.77. The van der Waals surface area contributed by atoms with Crippen molar-refractivity contribution < 1.29 is 0 Å². The fourth-order valence-corrected chi connectivity index (χ4v) is 4.12. The van der Waals surface area contributed by atoms with Crippen LogP contribution in [0.4, 0.5) is 5.69 Å². The summed E-state index contributed by atoms with van der Waals surface area (Å²) in [6.45, 7) is 0. The molecule has 2 fully saturated rings. The molecule has 3 heteroatoms. The van der Waals surface area contributed by atoms with E-state index in [0.29, 0.717) is 17.4 Å². The largest absolute Gasteiger partial charge is 0.370 e. The van der Waals surface area contributed by atoms with Crippen molar-refractivity contribution in [2.24, 2.45) is 16.1 Å². The van der Waals surface area contributed by atoms with Gasteiger partial charge >= 0.3 is 0 Å². The van der Waals surface area contributed by atoms with Crippen LogP contribution in [-0.2, 0) is 12.8 Å². The molecule has 0 aliphatic heterocycles. The molecular formula is C17H23N3. The first kappa shape index (κ1) is 12.2. The number of rotatable bonds is 2. The average Bonchev–Trinajstić information content (AvgIpc) is 2.84. The maximum atomic E-state index is 6.08. The number of fused-ring (bicyclic) bond motifs is 1. The third kappa shape index (κ3) is 2.09. The van der Waals surface area contributed by atoms with E-state index < -0.39 is 0 Å². The molecule has 1 aromatic rings. The Labute approximate surface area is 120 Å². The van der Waals surface area contributed by atoms with E-state index in [0.717, 1.165) is 5.69 Å². The summed E-state index contributed by atoms with van der Waals surface area (Å²) in [5.41, 5.74) is 10.7. The molecule has 0 heterocycles. The topological polar surface area (TPSA) is 50.4 Å². The molecule has 3 N–H and O–H groups in total. The van der Waals surface area contributed by atoms with Gasteiger partial charge in [0.1, 0.15) is 0 Å². The molecule has 0 bridgehead atoms. The van der Waals surface area contributed by atoms with Gasteiger partial charge in [-0.2, -0.15) is 0 Å². The van der Waals surface area contributed by atoms with Crippen LogP contribution in [0.15, 0.2) is 23.2 Å². The maximum Gasteiger partial charge on any atom is 0.193 e. The van der Waals surface area contributed by atoms with Crippen LogP contribution in [0.25, 0.3) is 0 Å². The molecule has 1 spiro atoms. The average molecular weight is 269 g/mol. The Kier molecular flexibility index (Phi) is 2.76. The highest BCUT2D eigenvalue weighted by Gasteiger charge is 2.55. The van der Waals surface area contributed by atoms with Gasteiger partial charge in [-0.05, 0) is 67.2 Å². The molecule has 106 valence electrons. The zero-order valence-corrected chi connectivity index (χ0v) is 12.0. The first-order valence-corrected chi connectivity index (χ1v) is 7.97. The van der Waals surface area contributed by atoms with Crippen LogP contribution in [0.3, 0.4) is 0 Å². The number of guanidine groups is 1.